The Labute approximate surface area is 174 Å². The zero-order chi connectivity index (χ0) is 21.1. The van der Waals surface area contributed by atoms with Crippen LogP contribution < -0.4 is 10.5 Å². The maximum atomic E-state index is 12.9. The van der Waals surface area contributed by atoms with Crippen molar-refractivity contribution in [2.24, 2.45) is 5.73 Å². The molecule has 0 aliphatic rings. The van der Waals surface area contributed by atoms with Gasteiger partial charge in [-0.15, -0.1) is 0 Å². The van der Waals surface area contributed by atoms with Gasteiger partial charge in [0.2, 0.25) is 0 Å². The Bertz CT molecular complexity index is 663. The van der Waals surface area contributed by atoms with E-state index in [4.69, 9.17) is 10.5 Å². The number of likely N-dealkylation sites (N-methyl/N-ethyl adjacent to an activating group) is 2. The molecule has 0 aromatic heterocycles. The molecule has 6 heteroatoms. The molecule has 0 aliphatic carbocycles. The number of hydrogen-bond acceptors (Lipinski definition) is 5. The van der Waals surface area contributed by atoms with Crippen molar-refractivity contribution in [2.45, 2.75) is 34.1 Å². The van der Waals surface area contributed by atoms with E-state index in [1.807, 2.05) is 31.3 Å². The van der Waals surface area contributed by atoms with Crippen molar-refractivity contribution >= 4 is 22.6 Å². The average molecular weight is 406 g/mol. The first kappa shape index (κ1) is 24.1. The van der Waals surface area contributed by atoms with E-state index >= 15 is 0 Å². The van der Waals surface area contributed by atoms with E-state index in [0.717, 1.165) is 42.3 Å². The lowest BCUT2D eigenvalue weighted by atomic mass is 10.2. The van der Waals surface area contributed by atoms with E-state index in [0.29, 0.717) is 23.8 Å². The minimum absolute atomic E-state index is 0.0683. The first-order chi connectivity index (χ1) is 13.3. The second-order valence-corrected chi connectivity index (χ2v) is 7.77. The molecule has 0 saturated heterocycles. The van der Waals surface area contributed by atoms with Gasteiger partial charge >= 0.3 is 0 Å². The molecular formula is C22H35N3O2S. The molecule has 156 valence electrons. The first-order valence-corrected chi connectivity index (χ1v) is 10.7. The van der Waals surface area contributed by atoms with E-state index < -0.39 is 0 Å². The summed E-state index contributed by atoms with van der Waals surface area (Å²) >= 11 is 1.33. The Morgan fingerprint density at radius 3 is 2.25 bits per heavy atom. The number of benzene rings is 1. The molecule has 0 bridgehead atoms. The van der Waals surface area contributed by atoms with Gasteiger partial charge in [-0.2, -0.15) is 0 Å². The number of nitrogens with two attached hydrogens (primary N) is 1. The maximum Gasteiger partial charge on any atom is 0.262 e. The fourth-order valence-corrected chi connectivity index (χ4v) is 3.44. The molecule has 0 saturated carbocycles. The molecule has 5 nitrogen and oxygen atoms in total. The van der Waals surface area contributed by atoms with E-state index in [1.54, 1.807) is 11.8 Å². The second kappa shape index (κ2) is 12.5. The fraction of sp³-hybridized carbons (Fsp3) is 0.500. The Morgan fingerprint density at radius 2 is 1.75 bits per heavy atom. The summed E-state index contributed by atoms with van der Waals surface area (Å²) in [7, 11) is 1.82. The van der Waals surface area contributed by atoms with Crippen molar-refractivity contribution in [2.75, 3.05) is 39.8 Å². The normalized spacial score (nSPS) is 11.9. The van der Waals surface area contributed by atoms with Crippen LogP contribution in [0.5, 0.6) is 5.75 Å². The van der Waals surface area contributed by atoms with E-state index in [2.05, 4.69) is 32.3 Å². The molecule has 0 heterocycles. The number of ether oxygens (including phenoxy) is 1. The van der Waals surface area contributed by atoms with E-state index in [1.165, 1.54) is 11.8 Å². The van der Waals surface area contributed by atoms with Crippen molar-refractivity contribution in [1.29, 1.82) is 0 Å². The van der Waals surface area contributed by atoms with Crippen molar-refractivity contribution in [3.8, 4) is 5.75 Å². The Kier molecular flexibility index (Phi) is 10.8. The summed E-state index contributed by atoms with van der Waals surface area (Å²) in [5, 5.41) is 0. The quantitative estimate of drug-likeness (QED) is 0.529. The van der Waals surface area contributed by atoms with Gasteiger partial charge < -0.3 is 20.3 Å². The van der Waals surface area contributed by atoms with Crippen LogP contribution in [0.15, 0.2) is 41.4 Å². The average Bonchev–Trinajstić information content (AvgIpc) is 2.70. The fourth-order valence-electron chi connectivity index (χ4n) is 2.54. The van der Waals surface area contributed by atoms with Crippen LogP contribution in [0, 0.1) is 0 Å². The molecule has 1 rings (SSSR count). The minimum atomic E-state index is -0.0683. The predicted octanol–water partition coefficient (Wildman–Crippen LogP) is 4.17. The minimum Gasteiger partial charge on any atom is -0.494 e. The SMILES string of the molecule is C=C(S/C(C(=O)N(C)CCN(CC)CC)=C(/C)N)c1ccc(OCCC)cc1. The third kappa shape index (κ3) is 7.60. The number of carbonyl (C=O) groups is 1. The molecule has 0 spiro atoms. The molecule has 28 heavy (non-hydrogen) atoms. The first-order valence-electron chi connectivity index (χ1n) is 9.88. The second-order valence-electron chi connectivity index (χ2n) is 6.66. The molecule has 1 aromatic carbocycles. The van der Waals surface area contributed by atoms with Gasteiger partial charge in [-0.05, 0) is 44.1 Å². The molecule has 0 atom stereocenters. The maximum absolute atomic E-state index is 12.9. The number of rotatable bonds is 12. The standard InChI is InChI=1S/C22H35N3O2S/c1-7-16-27-20-12-10-19(11-13-20)18(5)28-21(17(4)23)22(26)24(6)14-15-25(8-2)9-3/h10-13H,5,7-9,14-16,23H2,1-4,6H3/b21-17-. The van der Waals surface area contributed by atoms with Crippen LogP contribution in [-0.4, -0.2) is 55.5 Å². The smallest absolute Gasteiger partial charge is 0.262 e. The van der Waals surface area contributed by atoms with Crippen LogP contribution in [0.4, 0.5) is 0 Å². The summed E-state index contributed by atoms with van der Waals surface area (Å²) in [6, 6.07) is 7.76. The predicted molar refractivity (Wildman–Crippen MR) is 121 cm³/mol. The summed E-state index contributed by atoms with van der Waals surface area (Å²) in [5.74, 6) is 0.766. The monoisotopic (exact) mass is 405 g/mol. The molecule has 0 radical (unpaired) electrons. The third-order valence-corrected chi connectivity index (χ3v) is 5.60. The van der Waals surface area contributed by atoms with Gasteiger partial charge in [-0.3, -0.25) is 4.79 Å². The van der Waals surface area contributed by atoms with Crippen LogP contribution in [0.2, 0.25) is 0 Å². The van der Waals surface area contributed by atoms with Crippen LogP contribution in [0.3, 0.4) is 0 Å². The van der Waals surface area contributed by atoms with Crippen LogP contribution >= 0.6 is 11.8 Å². The number of thioether (sulfide) groups is 1. The highest BCUT2D eigenvalue weighted by Crippen LogP contribution is 2.34. The molecule has 0 unspecified atom stereocenters. The summed E-state index contributed by atoms with van der Waals surface area (Å²) < 4.78 is 5.61. The summed E-state index contributed by atoms with van der Waals surface area (Å²) in [4.78, 5) is 18.2. The lowest BCUT2D eigenvalue weighted by Crippen LogP contribution is -2.37. The molecule has 1 amide bonds. The van der Waals surface area contributed by atoms with Gasteiger partial charge in [0.05, 0.1) is 11.5 Å². The number of nitrogens with zero attached hydrogens (tertiary/aromatic N) is 2. The van der Waals surface area contributed by atoms with Gasteiger partial charge in [0.1, 0.15) is 5.75 Å². The van der Waals surface area contributed by atoms with Gasteiger partial charge in [-0.1, -0.05) is 51.2 Å². The third-order valence-electron chi connectivity index (χ3n) is 4.42. The van der Waals surface area contributed by atoms with E-state index in [9.17, 15) is 4.79 Å². The van der Waals surface area contributed by atoms with Crippen molar-refractivity contribution in [1.82, 2.24) is 9.80 Å². The number of hydrogen-bond donors (Lipinski definition) is 1. The van der Waals surface area contributed by atoms with Gasteiger partial charge in [0.25, 0.3) is 5.91 Å². The number of allylic oxidation sites excluding steroid dienone is 1. The lowest BCUT2D eigenvalue weighted by molar-refractivity contribution is -0.125. The topological polar surface area (TPSA) is 58.8 Å². The Morgan fingerprint density at radius 1 is 1.14 bits per heavy atom. The molecule has 1 aromatic rings. The zero-order valence-corrected chi connectivity index (χ0v) is 18.8. The summed E-state index contributed by atoms with van der Waals surface area (Å²) in [6.45, 7) is 16.4. The largest absolute Gasteiger partial charge is 0.494 e. The van der Waals surface area contributed by atoms with Gasteiger partial charge in [-0.25, -0.2) is 0 Å². The number of carbonyl (C=O) groups excluding carboxylic acids is 1. The molecular weight excluding hydrogens is 370 g/mol. The Hall–Kier alpha value is -1.92. The lowest BCUT2D eigenvalue weighted by Gasteiger charge is -2.24. The zero-order valence-electron chi connectivity index (χ0n) is 18.0. The molecule has 0 fully saturated rings. The van der Waals surface area contributed by atoms with Crippen LogP contribution in [-0.2, 0) is 4.79 Å². The van der Waals surface area contributed by atoms with E-state index in [-0.39, 0.29) is 5.91 Å². The molecule has 0 aliphatic heterocycles. The van der Waals surface area contributed by atoms with Crippen LogP contribution in [0.25, 0.3) is 4.91 Å². The highest BCUT2D eigenvalue weighted by Gasteiger charge is 2.19. The number of amides is 1. The van der Waals surface area contributed by atoms with Crippen LogP contribution in [0.1, 0.15) is 39.7 Å². The van der Waals surface area contributed by atoms with Crippen molar-refractivity contribution in [3.05, 3.63) is 47.0 Å². The summed E-state index contributed by atoms with van der Waals surface area (Å²) in [5.41, 5.74) is 7.49. The van der Waals surface area contributed by atoms with Gasteiger partial charge in [0.15, 0.2) is 0 Å². The molecule has 2 N–H and O–H groups in total. The highest BCUT2D eigenvalue weighted by atomic mass is 32.2. The summed E-state index contributed by atoms with van der Waals surface area (Å²) in [6.07, 6.45) is 0.970. The van der Waals surface area contributed by atoms with Crippen molar-refractivity contribution in [3.63, 3.8) is 0 Å². The highest BCUT2D eigenvalue weighted by molar-refractivity contribution is 8.12. The van der Waals surface area contributed by atoms with Gasteiger partial charge in [0, 0.05) is 30.7 Å². The van der Waals surface area contributed by atoms with Crippen molar-refractivity contribution < 1.29 is 9.53 Å². The Balaban J connectivity index is 2.77.